The van der Waals surface area contributed by atoms with Gasteiger partial charge in [0.1, 0.15) is 17.3 Å². The number of Topliss-reactive ketones (excluding diaryl/α,β-unsaturated/α-hetero) is 3. The molecule has 0 aliphatic heterocycles. The molecular formula is C33H68O3. The largest absolute Gasteiger partial charge is 0.299 e. The van der Waals surface area contributed by atoms with Crippen LogP contribution in [0.2, 0.25) is 0 Å². The highest BCUT2D eigenvalue weighted by atomic mass is 16.1. The van der Waals surface area contributed by atoms with Gasteiger partial charge in [-0.1, -0.05) is 137 Å². The van der Waals surface area contributed by atoms with E-state index in [1.807, 2.05) is 62.3 Å². The first-order valence-electron chi connectivity index (χ1n) is 14.0. The van der Waals surface area contributed by atoms with E-state index in [1.54, 1.807) is 0 Å². The van der Waals surface area contributed by atoms with E-state index in [9.17, 15) is 14.4 Å². The third kappa shape index (κ3) is 23.4. The average Bonchev–Trinajstić information content (AvgIpc) is 2.64. The molecule has 0 amide bonds. The molecule has 0 spiro atoms. The van der Waals surface area contributed by atoms with Gasteiger partial charge in [0, 0.05) is 35.5 Å². The second-order valence-corrected chi connectivity index (χ2v) is 14.9. The van der Waals surface area contributed by atoms with Crippen LogP contribution >= 0.6 is 0 Å². The molecule has 0 aliphatic carbocycles. The van der Waals surface area contributed by atoms with Gasteiger partial charge in [0.2, 0.25) is 0 Å². The monoisotopic (exact) mass is 513 g/mol. The summed E-state index contributed by atoms with van der Waals surface area (Å²) in [5.74, 6) is 1.13. The van der Waals surface area contributed by atoms with Gasteiger partial charge in [0.05, 0.1) is 0 Å². The molecule has 0 aromatic carbocycles. The molecule has 0 saturated carbocycles. The number of rotatable bonds is 10. The van der Waals surface area contributed by atoms with Gasteiger partial charge in [-0.15, -0.1) is 0 Å². The molecule has 218 valence electrons. The van der Waals surface area contributed by atoms with Crippen molar-refractivity contribution >= 4 is 17.3 Å². The van der Waals surface area contributed by atoms with Crippen molar-refractivity contribution in [3.63, 3.8) is 0 Å². The highest BCUT2D eigenvalue weighted by molar-refractivity contribution is 5.84. The summed E-state index contributed by atoms with van der Waals surface area (Å²) in [4.78, 5) is 34.6. The van der Waals surface area contributed by atoms with Crippen molar-refractivity contribution in [2.45, 2.75) is 170 Å². The van der Waals surface area contributed by atoms with Crippen molar-refractivity contribution in [2.24, 2.45) is 27.1 Å². The molecule has 0 unspecified atom stereocenters. The molecule has 0 heterocycles. The number of carbonyl (C=O) groups excluding carboxylic acids is 3. The molecule has 0 saturated heterocycles. The van der Waals surface area contributed by atoms with E-state index in [1.165, 1.54) is 0 Å². The van der Waals surface area contributed by atoms with Gasteiger partial charge in [-0.2, -0.15) is 0 Å². The standard InChI is InChI=1S/C12H24O.C11H22O.C9H18O.CH4/c1-7-8-12(5,6)9-10(13)11(2,3)4;1-7-11(5,6)8-9(12)10(2,3)4;1-5-6-7-8(10)9(2,3)4;/h7-9H2,1-6H3;7-8H2,1-6H3;5-7H2,1-4H3;1H4. The number of ketones is 3. The minimum Gasteiger partial charge on any atom is -0.299 e. The quantitative estimate of drug-likeness (QED) is 0.292. The van der Waals surface area contributed by atoms with Gasteiger partial charge in [0.25, 0.3) is 0 Å². The van der Waals surface area contributed by atoms with Gasteiger partial charge in [0.15, 0.2) is 0 Å². The topological polar surface area (TPSA) is 51.2 Å². The van der Waals surface area contributed by atoms with E-state index in [-0.39, 0.29) is 34.5 Å². The summed E-state index contributed by atoms with van der Waals surface area (Å²) in [7, 11) is 0. The fourth-order valence-electron chi connectivity index (χ4n) is 3.00. The number of carbonyl (C=O) groups is 3. The molecule has 0 aliphatic rings. The van der Waals surface area contributed by atoms with E-state index in [2.05, 4.69) is 48.5 Å². The Bertz CT molecular complexity index is 617. The van der Waals surface area contributed by atoms with Crippen LogP contribution in [0.3, 0.4) is 0 Å². The molecule has 3 nitrogen and oxygen atoms in total. The maximum Gasteiger partial charge on any atom is 0.138 e. The summed E-state index contributed by atoms with van der Waals surface area (Å²) in [6.45, 7) is 33.0. The Kier molecular flexibility index (Phi) is 20.5. The van der Waals surface area contributed by atoms with Gasteiger partial charge in [-0.25, -0.2) is 0 Å². The molecule has 0 N–H and O–H groups in total. The first-order valence-corrected chi connectivity index (χ1v) is 14.0. The number of hydrogen-bond donors (Lipinski definition) is 0. The Morgan fingerprint density at radius 1 is 0.500 bits per heavy atom. The van der Waals surface area contributed by atoms with Crippen molar-refractivity contribution in [1.82, 2.24) is 0 Å². The normalized spacial score (nSPS) is 12.3. The second kappa shape index (κ2) is 17.5. The van der Waals surface area contributed by atoms with Crippen LogP contribution in [0, 0.1) is 27.1 Å². The Labute approximate surface area is 228 Å². The Morgan fingerprint density at radius 2 is 0.833 bits per heavy atom. The van der Waals surface area contributed by atoms with Crippen LogP contribution in [0.5, 0.6) is 0 Å². The molecule has 0 bridgehead atoms. The molecule has 0 fully saturated rings. The lowest BCUT2D eigenvalue weighted by atomic mass is 9.77. The number of hydrogen-bond acceptors (Lipinski definition) is 3. The summed E-state index contributed by atoms with van der Waals surface area (Å²) in [6.07, 6.45) is 7.67. The van der Waals surface area contributed by atoms with Crippen molar-refractivity contribution in [3.05, 3.63) is 0 Å². The van der Waals surface area contributed by atoms with Crippen LogP contribution in [0.4, 0.5) is 0 Å². The lowest BCUT2D eigenvalue weighted by Gasteiger charge is -2.27. The minimum atomic E-state index is -0.176. The van der Waals surface area contributed by atoms with Crippen LogP contribution in [0.25, 0.3) is 0 Å². The predicted molar refractivity (Wildman–Crippen MR) is 162 cm³/mol. The van der Waals surface area contributed by atoms with Crippen molar-refractivity contribution < 1.29 is 14.4 Å². The molecular weight excluding hydrogens is 444 g/mol. The van der Waals surface area contributed by atoms with Gasteiger partial charge < -0.3 is 0 Å². The van der Waals surface area contributed by atoms with Crippen LogP contribution < -0.4 is 0 Å². The summed E-state index contributed by atoms with van der Waals surface area (Å²) in [5, 5.41) is 0. The van der Waals surface area contributed by atoms with E-state index in [0.29, 0.717) is 30.2 Å². The third-order valence-corrected chi connectivity index (χ3v) is 6.43. The van der Waals surface area contributed by atoms with E-state index in [0.717, 1.165) is 38.5 Å². The Morgan fingerprint density at radius 3 is 1.08 bits per heavy atom. The second-order valence-electron chi connectivity index (χ2n) is 14.9. The van der Waals surface area contributed by atoms with Crippen LogP contribution in [0.1, 0.15) is 170 Å². The van der Waals surface area contributed by atoms with Crippen molar-refractivity contribution in [1.29, 1.82) is 0 Å². The van der Waals surface area contributed by atoms with Crippen LogP contribution in [0.15, 0.2) is 0 Å². The third-order valence-electron chi connectivity index (χ3n) is 6.43. The van der Waals surface area contributed by atoms with Crippen molar-refractivity contribution in [2.75, 3.05) is 0 Å². The molecule has 36 heavy (non-hydrogen) atoms. The highest BCUT2D eigenvalue weighted by Gasteiger charge is 2.29. The van der Waals surface area contributed by atoms with Gasteiger partial charge in [-0.05, 0) is 23.7 Å². The zero-order valence-electron chi connectivity index (χ0n) is 26.9. The summed E-state index contributed by atoms with van der Waals surface area (Å²) < 4.78 is 0. The van der Waals surface area contributed by atoms with E-state index >= 15 is 0 Å². The summed E-state index contributed by atoms with van der Waals surface area (Å²) >= 11 is 0. The predicted octanol–water partition coefficient (Wildman–Crippen LogP) is 10.7. The maximum absolute atomic E-state index is 11.8. The molecule has 0 radical (unpaired) electrons. The molecule has 0 aromatic heterocycles. The Balaban J connectivity index is -0.000000212. The first-order chi connectivity index (χ1) is 15.4. The van der Waals surface area contributed by atoms with Gasteiger partial charge in [-0.3, -0.25) is 14.4 Å². The summed E-state index contributed by atoms with van der Waals surface area (Å²) in [5.41, 5.74) is -0.129. The van der Waals surface area contributed by atoms with E-state index < -0.39 is 0 Å². The zero-order valence-corrected chi connectivity index (χ0v) is 26.9. The number of unbranched alkanes of at least 4 members (excludes halogenated alkanes) is 1. The lowest BCUT2D eigenvalue weighted by Crippen LogP contribution is -2.26. The summed E-state index contributed by atoms with van der Waals surface area (Å²) in [6, 6.07) is 0. The zero-order chi connectivity index (χ0) is 28.9. The van der Waals surface area contributed by atoms with Gasteiger partial charge >= 0.3 is 0 Å². The lowest BCUT2D eigenvalue weighted by molar-refractivity contribution is -0.129. The fraction of sp³-hybridized carbons (Fsp3) is 0.909. The maximum atomic E-state index is 11.8. The molecule has 0 atom stereocenters. The van der Waals surface area contributed by atoms with E-state index in [4.69, 9.17) is 0 Å². The molecule has 0 aromatic rings. The average molecular weight is 513 g/mol. The molecule has 3 heteroatoms. The fourth-order valence-corrected chi connectivity index (χ4v) is 3.00. The van der Waals surface area contributed by atoms with Crippen LogP contribution in [-0.2, 0) is 14.4 Å². The Hall–Kier alpha value is -0.990. The van der Waals surface area contributed by atoms with Crippen LogP contribution in [-0.4, -0.2) is 17.3 Å². The smallest absolute Gasteiger partial charge is 0.138 e. The highest BCUT2D eigenvalue weighted by Crippen LogP contribution is 2.31. The van der Waals surface area contributed by atoms with Crippen molar-refractivity contribution in [3.8, 4) is 0 Å². The minimum absolute atomic E-state index is 0. The molecule has 0 rings (SSSR count). The first kappa shape index (κ1) is 42.1. The SMILES string of the molecule is C.CCC(C)(C)CC(=O)C(C)(C)C.CCCC(C)(C)CC(=O)C(C)(C)C.CCCCC(=O)C(C)(C)C.